The summed E-state index contributed by atoms with van der Waals surface area (Å²) in [5.74, 6) is -0.0605. The van der Waals surface area contributed by atoms with Gasteiger partial charge in [-0.1, -0.05) is 38.5 Å². The van der Waals surface area contributed by atoms with Crippen molar-refractivity contribution in [1.82, 2.24) is 10.3 Å². The molecule has 2 aromatic rings. The first-order chi connectivity index (χ1) is 10.0. The molecule has 2 atom stereocenters. The van der Waals surface area contributed by atoms with Gasteiger partial charge in [0.05, 0.1) is 6.04 Å². The van der Waals surface area contributed by atoms with Crippen molar-refractivity contribution in [2.24, 2.45) is 11.7 Å². The number of H-pyrrole nitrogens is 1. The zero-order valence-corrected chi connectivity index (χ0v) is 12.3. The quantitative estimate of drug-likeness (QED) is 0.779. The van der Waals surface area contributed by atoms with Crippen LogP contribution in [0.15, 0.2) is 35.1 Å². The number of hydrogen-bond acceptors (Lipinski definition) is 3. The second-order valence-corrected chi connectivity index (χ2v) is 5.33. The van der Waals surface area contributed by atoms with Crippen LogP contribution in [0.2, 0.25) is 0 Å². The topological polar surface area (TPSA) is 88.0 Å². The van der Waals surface area contributed by atoms with Crippen LogP contribution in [0.3, 0.4) is 0 Å². The first kappa shape index (κ1) is 15.3. The Balaban J connectivity index is 2.17. The summed E-state index contributed by atoms with van der Waals surface area (Å²) in [5, 5.41) is 3.74. The van der Waals surface area contributed by atoms with Crippen molar-refractivity contribution in [3.05, 3.63) is 46.2 Å². The maximum Gasteiger partial charge on any atom is 0.248 e. The summed E-state index contributed by atoms with van der Waals surface area (Å²) >= 11 is 0. The van der Waals surface area contributed by atoms with E-state index in [1.54, 1.807) is 0 Å². The fourth-order valence-corrected chi connectivity index (χ4v) is 2.24. The SMILES string of the molecule is CCC(C)C(N)C(=O)NCc1cc(=O)[nH]c2ccccc12. The number of amides is 1. The monoisotopic (exact) mass is 287 g/mol. The Labute approximate surface area is 123 Å². The maximum absolute atomic E-state index is 12.0. The molecule has 0 fully saturated rings. The zero-order chi connectivity index (χ0) is 15.4. The molecule has 0 aliphatic heterocycles. The number of nitrogens with one attached hydrogen (secondary N) is 2. The standard InChI is InChI=1S/C16H21N3O2/c1-3-10(2)15(17)16(21)18-9-11-8-14(20)19-13-7-5-4-6-12(11)13/h4-8,10,15H,3,9,17H2,1-2H3,(H,18,21)(H,19,20). The van der Waals surface area contributed by atoms with Crippen LogP contribution in [0.25, 0.3) is 10.9 Å². The molecule has 1 aromatic carbocycles. The smallest absolute Gasteiger partial charge is 0.248 e. The van der Waals surface area contributed by atoms with Crippen LogP contribution < -0.4 is 16.6 Å². The van der Waals surface area contributed by atoms with Gasteiger partial charge in [-0.25, -0.2) is 0 Å². The van der Waals surface area contributed by atoms with Gasteiger partial charge in [-0.05, 0) is 17.5 Å². The average Bonchev–Trinajstić information content (AvgIpc) is 2.50. The van der Waals surface area contributed by atoms with E-state index >= 15 is 0 Å². The number of nitrogens with two attached hydrogens (primary N) is 1. The third kappa shape index (κ3) is 3.49. The molecule has 0 spiro atoms. The lowest BCUT2D eigenvalue weighted by molar-refractivity contribution is -0.123. The third-order valence-corrected chi connectivity index (χ3v) is 3.85. The summed E-state index contributed by atoms with van der Waals surface area (Å²) in [5.41, 5.74) is 7.28. The molecule has 0 bridgehead atoms. The second kappa shape index (κ2) is 6.54. The van der Waals surface area contributed by atoms with E-state index in [4.69, 9.17) is 5.73 Å². The number of pyridine rings is 1. The summed E-state index contributed by atoms with van der Waals surface area (Å²) in [6.07, 6.45) is 0.850. The van der Waals surface area contributed by atoms with E-state index in [0.29, 0.717) is 6.54 Å². The van der Waals surface area contributed by atoms with Crippen molar-refractivity contribution in [2.45, 2.75) is 32.9 Å². The maximum atomic E-state index is 12.0. The number of benzene rings is 1. The fraction of sp³-hybridized carbons (Fsp3) is 0.375. The lowest BCUT2D eigenvalue weighted by Crippen LogP contribution is -2.44. The van der Waals surface area contributed by atoms with Gasteiger partial charge in [0.25, 0.3) is 0 Å². The van der Waals surface area contributed by atoms with Crippen LogP contribution in [0, 0.1) is 5.92 Å². The Hall–Kier alpha value is -2.14. The van der Waals surface area contributed by atoms with Gasteiger partial charge in [0, 0.05) is 23.5 Å². The van der Waals surface area contributed by atoms with E-state index in [2.05, 4.69) is 10.3 Å². The Kier molecular flexibility index (Phi) is 4.75. The van der Waals surface area contributed by atoms with E-state index in [1.165, 1.54) is 6.07 Å². The van der Waals surface area contributed by atoms with Gasteiger partial charge in [-0.3, -0.25) is 9.59 Å². The lowest BCUT2D eigenvalue weighted by atomic mass is 9.99. The van der Waals surface area contributed by atoms with Crippen molar-refractivity contribution < 1.29 is 4.79 Å². The molecule has 4 N–H and O–H groups in total. The summed E-state index contributed by atoms with van der Waals surface area (Å²) in [4.78, 5) is 26.4. The van der Waals surface area contributed by atoms with E-state index in [1.807, 2.05) is 38.1 Å². The minimum absolute atomic E-state index is 0.126. The number of para-hydroxylation sites is 1. The van der Waals surface area contributed by atoms with Crippen LogP contribution in [-0.2, 0) is 11.3 Å². The molecule has 2 rings (SSSR count). The molecule has 1 aromatic heterocycles. The molecule has 112 valence electrons. The zero-order valence-electron chi connectivity index (χ0n) is 12.3. The molecule has 0 aliphatic rings. The number of hydrogen-bond donors (Lipinski definition) is 3. The van der Waals surface area contributed by atoms with Crippen molar-refractivity contribution in [3.8, 4) is 0 Å². The number of fused-ring (bicyclic) bond motifs is 1. The highest BCUT2D eigenvalue weighted by molar-refractivity contribution is 5.84. The van der Waals surface area contributed by atoms with Crippen molar-refractivity contribution in [3.63, 3.8) is 0 Å². The number of carbonyl (C=O) groups excluding carboxylic acids is 1. The Bertz CT molecular complexity index is 693. The summed E-state index contributed by atoms with van der Waals surface area (Å²) in [6.45, 7) is 4.25. The van der Waals surface area contributed by atoms with Gasteiger partial charge in [0.15, 0.2) is 0 Å². The lowest BCUT2D eigenvalue weighted by Gasteiger charge is -2.18. The average molecular weight is 287 g/mol. The van der Waals surface area contributed by atoms with Crippen molar-refractivity contribution in [1.29, 1.82) is 0 Å². The van der Waals surface area contributed by atoms with Gasteiger partial charge >= 0.3 is 0 Å². The number of rotatable bonds is 5. The molecule has 21 heavy (non-hydrogen) atoms. The molecule has 0 saturated heterocycles. The first-order valence-corrected chi connectivity index (χ1v) is 7.17. The Morgan fingerprint density at radius 2 is 2.10 bits per heavy atom. The van der Waals surface area contributed by atoms with Crippen LogP contribution in [0.5, 0.6) is 0 Å². The number of carbonyl (C=O) groups is 1. The van der Waals surface area contributed by atoms with Gasteiger partial charge in [0.2, 0.25) is 11.5 Å². The predicted octanol–water partition coefficient (Wildman–Crippen LogP) is 1.52. The Morgan fingerprint density at radius 1 is 1.38 bits per heavy atom. The molecule has 0 aliphatic carbocycles. The van der Waals surface area contributed by atoms with E-state index in [0.717, 1.165) is 22.9 Å². The second-order valence-electron chi connectivity index (χ2n) is 5.33. The van der Waals surface area contributed by atoms with Crippen molar-refractivity contribution >= 4 is 16.8 Å². The highest BCUT2D eigenvalue weighted by Crippen LogP contribution is 2.14. The predicted molar refractivity (Wildman–Crippen MR) is 83.8 cm³/mol. The molecule has 2 unspecified atom stereocenters. The van der Waals surface area contributed by atoms with Gasteiger partial charge < -0.3 is 16.0 Å². The molecule has 1 amide bonds. The molecular formula is C16H21N3O2. The number of aromatic amines is 1. The Morgan fingerprint density at radius 3 is 2.81 bits per heavy atom. The molecule has 0 radical (unpaired) electrons. The minimum atomic E-state index is -0.525. The normalized spacial score (nSPS) is 13.9. The van der Waals surface area contributed by atoms with Gasteiger partial charge in [0.1, 0.15) is 0 Å². The van der Waals surface area contributed by atoms with Crippen molar-refractivity contribution in [2.75, 3.05) is 0 Å². The van der Waals surface area contributed by atoms with Crippen LogP contribution >= 0.6 is 0 Å². The largest absolute Gasteiger partial charge is 0.351 e. The van der Waals surface area contributed by atoms with E-state index in [9.17, 15) is 9.59 Å². The highest BCUT2D eigenvalue weighted by Gasteiger charge is 2.19. The van der Waals surface area contributed by atoms with E-state index in [-0.39, 0.29) is 17.4 Å². The molecule has 5 nitrogen and oxygen atoms in total. The third-order valence-electron chi connectivity index (χ3n) is 3.85. The van der Waals surface area contributed by atoms with Crippen LogP contribution in [0.4, 0.5) is 0 Å². The van der Waals surface area contributed by atoms with Crippen LogP contribution in [0.1, 0.15) is 25.8 Å². The van der Waals surface area contributed by atoms with E-state index < -0.39 is 6.04 Å². The summed E-state index contributed by atoms with van der Waals surface area (Å²) in [7, 11) is 0. The fourth-order valence-electron chi connectivity index (χ4n) is 2.24. The highest BCUT2D eigenvalue weighted by atomic mass is 16.2. The molecule has 5 heteroatoms. The molecule has 1 heterocycles. The van der Waals surface area contributed by atoms with Gasteiger partial charge in [-0.15, -0.1) is 0 Å². The van der Waals surface area contributed by atoms with Crippen LogP contribution in [-0.4, -0.2) is 16.9 Å². The molecule has 0 saturated carbocycles. The number of aromatic nitrogens is 1. The molecular weight excluding hydrogens is 266 g/mol. The summed E-state index contributed by atoms with van der Waals surface area (Å²) in [6, 6.07) is 8.51. The minimum Gasteiger partial charge on any atom is -0.351 e. The summed E-state index contributed by atoms with van der Waals surface area (Å²) < 4.78 is 0. The van der Waals surface area contributed by atoms with Gasteiger partial charge in [-0.2, -0.15) is 0 Å². The first-order valence-electron chi connectivity index (χ1n) is 7.17.